The maximum absolute atomic E-state index is 6.03. The third-order valence-electron chi connectivity index (χ3n) is 3.15. The molecule has 1 nitrogen and oxygen atoms in total. The summed E-state index contributed by atoms with van der Waals surface area (Å²) < 4.78 is 0. The number of hydrogen-bond donors (Lipinski definition) is 1. The average molecular weight is 258 g/mol. The Morgan fingerprint density at radius 3 is 1.54 bits per heavy atom. The van der Waals surface area contributed by atoms with Gasteiger partial charge in [0.25, 0.3) is 0 Å². The molecule has 2 heteroatoms. The fourth-order valence-corrected chi connectivity index (χ4v) is 1.79. The predicted octanol–water partition coefficient (Wildman–Crippen LogP) is 2.67. The molecule has 77 valence electrons. The molecule has 0 spiro atoms. The molecule has 1 atom stereocenters. The van der Waals surface area contributed by atoms with E-state index in [2.05, 4.69) is 41.5 Å². The minimum absolute atomic E-state index is 0. The van der Waals surface area contributed by atoms with Crippen molar-refractivity contribution < 1.29 is 32.7 Å². The van der Waals surface area contributed by atoms with Gasteiger partial charge in [-0.15, -0.1) is 5.41 Å². The first-order valence-corrected chi connectivity index (χ1v) is 4.77. The monoisotopic (exact) mass is 258 g/mol. The Morgan fingerprint density at radius 1 is 1.15 bits per heavy atom. The van der Waals surface area contributed by atoms with Gasteiger partial charge in [0.2, 0.25) is 0 Å². The van der Waals surface area contributed by atoms with Crippen LogP contribution in [0, 0.1) is 31.1 Å². The Kier molecular flexibility index (Phi) is 8.28. The molecule has 0 fully saturated rings. The molecule has 0 bridgehead atoms. The van der Waals surface area contributed by atoms with Crippen LogP contribution >= 0.6 is 0 Å². The van der Waals surface area contributed by atoms with Crippen molar-refractivity contribution in [1.29, 1.82) is 0 Å². The van der Waals surface area contributed by atoms with E-state index in [0.717, 1.165) is 6.42 Å². The van der Waals surface area contributed by atoms with Crippen LogP contribution in [0.2, 0.25) is 0 Å². The van der Waals surface area contributed by atoms with Crippen molar-refractivity contribution >= 4 is 0 Å². The van der Waals surface area contributed by atoms with Crippen molar-refractivity contribution in [3.05, 3.63) is 13.8 Å². The summed E-state index contributed by atoms with van der Waals surface area (Å²) >= 11 is 0. The Labute approximate surface area is 109 Å². The number of nitrogens with two attached hydrogens (primary N) is 1. The Morgan fingerprint density at radius 2 is 1.46 bits per heavy atom. The molecule has 1 radical (unpaired) electrons. The van der Waals surface area contributed by atoms with E-state index in [1.54, 1.807) is 0 Å². The summed E-state index contributed by atoms with van der Waals surface area (Å²) in [6.45, 7) is 16.9. The standard InChI is InChI=1S/C11H23N.Y/c1-7-10(12)11(6,8(2)3)9(4)5;/h8-10H,1,6-7,12H2,2-5H3;/q-2;. The molecular weight excluding hydrogens is 235 g/mol. The Balaban J connectivity index is 0. The average Bonchev–Trinajstić information content (AvgIpc) is 2.00. The molecule has 0 aromatic carbocycles. The van der Waals surface area contributed by atoms with Crippen molar-refractivity contribution in [2.24, 2.45) is 23.0 Å². The van der Waals surface area contributed by atoms with Crippen LogP contribution < -0.4 is 5.73 Å². The molecule has 1 unspecified atom stereocenters. The molecular formula is C11H23NY-2. The maximum atomic E-state index is 6.03. The van der Waals surface area contributed by atoms with Crippen molar-refractivity contribution in [2.45, 2.75) is 40.2 Å². The molecule has 0 aliphatic rings. The summed E-state index contributed by atoms with van der Waals surface area (Å²) in [7, 11) is 0. The summed E-state index contributed by atoms with van der Waals surface area (Å²) in [6.07, 6.45) is 0.764. The molecule has 0 rings (SSSR count). The van der Waals surface area contributed by atoms with E-state index in [1.807, 2.05) is 0 Å². The van der Waals surface area contributed by atoms with Crippen LogP contribution in [-0.4, -0.2) is 6.04 Å². The molecule has 0 heterocycles. The first-order valence-electron chi connectivity index (χ1n) is 4.77. The van der Waals surface area contributed by atoms with Crippen LogP contribution in [0.1, 0.15) is 34.1 Å². The van der Waals surface area contributed by atoms with E-state index >= 15 is 0 Å². The normalized spacial score (nSPS) is 14.5. The van der Waals surface area contributed by atoms with Gasteiger partial charge >= 0.3 is 0 Å². The summed E-state index contributed by atoms with van der Waals surface area (Å²) in [5, 5.41) is 0. The first-order chi connectivity index (χ1) is 5.37. The van der Waals surface area contributed by atoms with Crippen LogP contribution in [0.25, 0.3) is 0 Å². The zero-order chi connectivity index (χ0) is 9.94. The van der Waals surface area contributed by atoms with Crippen LogP contribution in [0.3, 0.4) is 0 Å². The third kappa shape index (κ3) is 3.60. The van der Waals surface area contributed by atoms with Crippen LogP contribution in [0.15, 0.2) is 0 Å². The van der Waals surface area contributed by atoms with Gasteiger partial charge in [-0.3, -0.25) is 0 Å². The molecule has 0 aromatic rings. The van der Waals surface area contributed by atoms with Crippen molar-refractivity contribution in [1.82, 2.24) is 0 Å². The fourth-order valence-electron chi connectivity index (χ4n) is 1.79. The summed E-state index contributed by atoms with van der Waals surface area (Å²) in [4.78, 5) is 0. The zero-order valence-corrected chi connectivity index (χ0v) is 12.3. The van der Waals surface area contributed by atoms with Gasteiger partial charge in [0.15, 0.2) is 0 Å². The molecule has 0 amide bonds. The molecule has 0 aliphatic carbocycles. The third-order valence-corrected chi connectivity index (χ3v) is 3.15. The Hall–Kier alpha value is 1.06. The van der Waals surface area contributed by atoms with E-state index < -0.39 is 0 Å². The topological polar surface area (TPSA) is 26.0 Å². The molecule has 0 aliphatic heterocycles. The van der Waals surface area contributed by atoms with Gasteiger partial charge in [-0.1, -0.05) is 39.5 Å². The maximum Gasteiger partial charge on any atom is 0 e. The second kappa shape index (κ2) is 6.53. The smallest absolute Gasteiger partial charge is 0 e. The molecule has 0 saturated carbocycles. The van der Waals surface area contributed by atoms with Gasteiger partial charge < -0.3 is 19.6 Å². The summed E-state index contributed by atoms with van der Waals surface area (Å²) in [6, 6.07) is 0.109. The molecule has 0 saturated heterocycles. The zero-order valence-electron chi connectivity index (χ0n) is 9.51. The van der Waals surface area contributed by atoms with Crippen molar-refractivity contribution in [3.63, 3.8) is 0 Å². The van der Waals surface area contributed by atoms with E-state index in [1.165, 1.54) is 0 Å². The Bertz CT molecular complexity index is 124. The minimum atomic E-state index is -0.0260. The number of rotatable bonds is 4. The molecule has 2 N–H and O–H groups in total. The second-order valence-corrected chi connectivity index (χ2v) is 4.32. The van der Waals surface area contributed by atoms with Crippen LogP contribution in [0.5, 0.6) is 0 Å². The molecule has 13 heavy (non-hydrogen) atoms. The van der Waals surface area contributed by atoms with Gasteiger partial charge in [0.05, 0.1) is 0 Å². The van der Waals surface area contributed by atoms with Gasteiger partial charge in [-0.05, 0) is 6.04 Å². The fraction of sp³-hybridized carbons (Fsp3) is 0.818. The van der Waals surface area contributed by atoms with Gasteiger partial charge in [0.1, 0.15) is 0 Å². The van der Waals surface area contributed by atoms with Gasteiger partial charge in [0, 0.05) is 32.7 Å². The van der Waals surface area contributed by atoms with E-state index in [9.17, 15) is 0 Å². The summed E-state index contributed by atoms with van der Waals surface area (Å²) in [5.41, 5.74) is 6.00. The van der Waals surface area contributed by atoms with E-state index in [-0.39, 0.29) is 44.2 Å². The quantitative estimate of drug-likeness (QED) is 0.771. The van der Waals surface area contributed by atoms with Crippen LogP contribution in [-0.2, 0) is 32.7 Å². The number of hydrogen-bond acceptors (Lipinski definition) is 1. The van der Waals surface area contributed by atoms with E-state index in [4.69, 9.17) is 5.73 Å². The van der Waals surface area contributed by atoms with Crippen molar-refractivity contribution in [2.75, 3.05) is 0 Å². The van der Waals surface area contributed by atoms with Crippen LogP contribution in [0.4, 0.5) is 0 Å². The van der Waals surface area contributed by atoms with E-state index in [0.29, 0.717) is 11.8 Å². The predicted molar refractivity (Wildman–Crippen MR) is 55.4 cm³/mol. The SMILES string of the molecule is [CH2-]CC(N)C([CH2-])(C(C)C)C(C)C.[Y]. The largest absolute Gasteiger partial charge is 0.342 e. The second-order valence-electron chi connectivity index (χ2n) is 4.32. The van der Waals surface area contributed by atoms with Crippen molar-refractivity contribution in [3.8, 4) is 0 Å². The first kappa shape index (κ1) is 16.5. The summed E-state index contributed by atoms with van der Waals surface area (Å²) in [5.74, 6) is 1.02. The minimum Gasteiger partial charge on any atom is -0.342 e. The van der Waals surface area contributed by atoms with Gasteiger partial charge in [-0.25, -0.2) is 0 Å². The van der Waals surface area contributed by atoms with Gasteiger partial charge in [-0.2, -0.15) is 6.42 Å². The molecule has 0 aromatic heterocycles.